The smallest absolute Gasteiger partial charge is 0.346 e. The quantitative estimate of drug-likeness (QED) is 0.462. The average Bonchev–Trinajstić information content (AvgIpc) is 2.63. The zero-order valence-corrected chi connectivity index (χ0v) is 15.1. The summed E-state index contributed by atoms with van der Waals surface area (Å²) in [6.45, 7) is 6.92. The monoisotopic (exact) mass is 351 g/mol. The highest BCUT2D eigenvalue weighted by Crippen LogP contribution is 2.25. The number of carboxylic acid groups (broad SMARTS) is 1. The molecule has 0 saturated heterocycles. The van der Waals surface area contributed by atoms with E-state index in [-0.39, 0.29) is 5.57 Å². The molecule has 1 N–H and O–H groups in total. The Bertz CT molecular complexity index is 861. The highest BCUT2D eigenvalue weighted by atomic mass is 16.5. The number of benzene rings is 2. The standard InChI is InChI=1S/C21H21NO4/c1-14-4-5-15(2)20(16(14)3)26-11-10-25-19-8-6-17(7-9-19)12-18(13-22)21(23)24/h4-9,12H,10-11H2,1-3H3,(H,23,24). The molecule has 134 valence electrons. The molecule has 2 aromatic rings. The number of carbonyl (C=O) groups is 1. The predicted octanol–water partition coefficient (Wildman–Crippen LogP) is 4.06. The van der Waals surface area contributed by atoms with Crippen LogP contribution in [0.1, 0.15) is 22.3 Å². The van der Waals surface area contributed by atoms with Crippen LogP contribution in [0.5, 0.6) is 11.5 Å². The fourth-order valence-corrected chi connectivity index (χ4v) is 2.42. The molecule has 0 spiro atoms. The van der Waals surface area contributed by atoms with Crippen molar-refractivity contribution in [3.05, 3.63) is 64.2 Å². The van der Waals surface area contributed by atoms with Gasteiger partial charge in [0.1, 0.15) is 36.4 Å². The first-order valence-corrected chi connectivity index (χ1v) is 8.20. The van der Waals surface area contributed by atoms with Crippen LogP contribution in [0.3, 0.4) is 0 Å². The Morgan fingerprint density at radius 1 is 1.04 bits per heavy atom. The van der Waals surface area contributed by atoms with Crippen LogP contribution >= 0.6 is 0 Å². The lowest BCUT2D eigenvalue weighted by Crippen LogP contribution is -2.10. The van der Waals surface area contributed by atoms with Crippen LogP contribution in [0.4, 0.5) is 0 Å². The summed E-state index contributed by atoms with van der Waals surface area (Å²) < 4.78 is 11.5. The van der Waals surface area contributed by atoms with Gasteiger partial charge in [-0.25, -0.2) is 4.79 Å². The Balaban J connectivity index is 1.91. The molecule has 0 radical (unpaired) electrons. The van der Waals surface area contributed by atoms with Crippen molar-refractivity contribution in [1.29, 1.82) is 5.26 Å². The first-order chi connectivity index (χ1) is 12.4. The van der Waals surface area contributed by atoms with Crippen molar-refractivity contribution >= 4 is 12.0 Å². The molecule has 5 heteroatoms. The van der Waals surface area contributed by atoms with Gasteiger partial charge < -0.3 is 14.6 Å². The third-order valence-corrected chi connectivity index (χ3v) is 4.01. The molecule has 0 heterocycles. The number of carboxylic acids is 1. The van der Waals surface area contributed by atoms with E-state index in [0.717, 1.165) is 16.9 Å². The van der Waals surface area contributed by atoms with Gasteiger partial charge in [0, 0.05) is 0 Å². The van der Waals surface area contributed by atoms with E-state index < -0.39 is 5.97 Å². The molecule has 0 bridgehead atoms. The van der Waals surface area contributed by atoms with Crippen molar-refractivity contribution in [3.63, 3.8) is 0 Å². The molecular weight excluding hydrogens is 330 g/mol. The lowest BCUT2D eigenvalue weighted by Gasteiger charge is -2.14. The number of nitrogens with zero attached hydrogens (tertiary/aromatic N) is 1. The number of ether oxygens (including phenoxy) is 2. The van der Waals surface area contributed by atoms with Gasteiger partial charge in [-0.2, -0.15) is 5.26 Å². The summed E-state index contributed by atoms with van der Waals surface area (Å²) in [6.07, 6.45) is 1.32. The second-order valence-corrected chi connectivity index (χ2v) is 5.89. The maximum Gasteiger partial charge on any atom is 0.346 e. The number of aliphatic carboxylic acids is 1. The van der Waals surface area contributed by atoms with Crippen LogP contribution in [0.25, 0.3) is 6.08 Å². The van der Waals surface area contributed by atoms with Gasteiger partial charge in [-0.15, -0.1) is 0 Å². The first kappa shape index (κ1) is 19.1. The van der Waals surface area contributed by atoms with Crippen LogP contribution in [0.15, 0.2) is 42.0 Å². The van der Waals surface area contributed by atoms with Gasteiger partial charge in [-0.3, -0.25) is 0 Å². The summed E-state index contributed by atoms with van der Waals surface area (Å²) in [5.41, 5.74) is 3.73. The normalized spacial score (nSPS) is 10.9. The van der Waals surface area contributed by atoms with Crippen LogP contribution in [-0.4, -0.2) is 24.3 Å². The highest BCUT2D eigenvalue weighted by Gasteiger charge is 2.07. The van der Waals surface area contributed by atoms with E-state index in [9.17, 15) is 4.79 Å². The second-order valence-electron chi connectivity index (χ2n) is 5.89. The maximum atomic E-state index is 10.8. The fraction of sp³-hybridized carbons (Fsp3) is 0.238. The summed E-state index contributed by atoms with van der Waals surface area (Å²) in [6, 6.07) is 12.6. The molecule has 0 amide bonds. The second kappa shape index (κ2) is 8.72. The van der Waals surface area contributed by atoms with Gasteiger partial charge in [0.25, 0.3) is 0 Å². The Morgan fingerprint density at radius 2 is 1.65 bits per heavy atom. The largest absolute Gasteiger partial charge is 0.490 e. The molecule has 5 nitrogen and oxygen atoms in total. The minimum absolute atomic E-state index is 0.309. The van der Waals surface area contributed by atoms with E-state index in [1.54, 1.807) is 30.3 Å². The van der Waals surface area contributed by atoms with Gasteiger partial charge >= 0.3 is 5.97 Å². The van der Waals surface area contributed by atoms with E-state index in [2.05, 4.69) is 13.0 Å². The van der Waals surface area contributed by atoms with Crippen molar-refractivity contribution < 1.29 is 19.4 Å². The summed E-state index contributed by atoms with van der Waals surface area (Å²) in [7, 11) is 0. The molecule has 2 aromatic carbocycles. The number of hydrogen-bond donors (Lipinski definition) is 1. The summed E-state index contributed by atoms with van der Waals surface area (Å²) in [4.78, 5) is 10.8. The van der Waals surface area contributed by atoms with Crippen LogP contribution < -0.4 is 9.47 Å². The minimum Gasteiger partial charge on any atom is -0.490 e. The van der Waals surface area contributed by atoms with Gasteiger partial charge in [0.15, 0.2) is 0 Å². The molecule has 26 heavy (non-hydrogen) atoms. The third kappa shape index (κ3) is 4.87. The summed E-state index contributed by atoms with van der Waals surface area (Å²) in [5.74, 6) is 0.302. The van der Waals surface area contributed by atoms with Gasteiger partial charge in [-0.05, 0) is 61.2 Å². The molecule has 2 rings (SSSR count). The lowest BCUT2D eigenvalue weighted by atomic mass is 10.1. The van der Waals surface area contributed by atoms with Crippen molar-refractivity contribution in [1.82, 2.24) is 0 Å². The SMILES string of the molecule is Cc1ccc(C)c(OCCOc2ccc(C=C(C#N)C(=O)O)cc2)c1C. The van der Waals surface area contributed by atoms with E-state index in [1.165, 1.54) is 11.6 Å². The number of nitriles is 1. The van der Waals surface area contributed by atoms with Crippen molar-refractivity contribution in [2.45, 2.75) is 20.8 Å². The van der Waals surface area contributed by atoms with E-state index in [1.807, 2.05) is 19.9 Å². The van der Waals surface area contributed by atoms with Crippen LogP contribution in [0.2, 0.25) is 0 Å². The van der Waals surface area contributed by atoms with Crippen molar-refractivity contribution in [2.75, 3.05) is 13.2 Å². The Hall–Kier alpha value is -3.26. The van der Waals surface area contributed by atoms with E-state index >= 15 is 0 Å². The molecule has 0 fully saturated rings. The van der Waals surface area contributed by atoms with Crippen LogP contribution in [-0.2, 0) is 4.79 Å². The average molecular weight is 351 g/mol. The van der Waals surface area contributed by atoms with Gasteiger partial charge in [0.05, 0.1) is 0 Å². The Morgan fingerprint density at radius 3 is 2.27 bits per heavy atom. The Kier molecular flexibility index (Phi) is 6.40. The molecule has 0 aliphatic heterocycles. The number of rotatable bonds is 7. The van der Waals surface area contributed by atoms with E-state index in [0.29, 0.717) is 24.5 Å². The first-order valence-electron chi connectivity index (χ1n) is 8.20. The topological polar surface area (TPSA) is 79.5 Å². The molecular formula is C21H21NO4. The number of hydrogen-bond acceptors (Lipinski definition) is 4. The van der Waals surface area contributed by atoms with Gasteiger partial charge in [-0.1, -0.05) is 24.3 Å². The predicted molar refractivity (Wildman–Crippen MR) is 99.3 cm³/mol. The molecule has 0 atom stereocenters. The molecule has 0 aromatic heterocycles. The number of aryl methyl sites for hydroxylation is 2. The van der Waals surface area contributed by atoms with Crippen LogP contribution in [0, 0.1) is 32.1 Å². The Labute approximate surface area is 153 Å². The van der Waals surface area contributed by atoms with Crippen molar-refractivity contribution in [2.24, 2.45) is 0 Å². The maximum absolute atomic E-state index is 10.8. The molecule has 0 aliphatic rings. The summed E-state index contributed by atoms with van der Waals surface area (Å²) in [5, 5.41) is 17.6. The third-order valence-electron chi connectivity index (χ3n) is 4.01. The van der Waals surface area contributed by atoms with E-state index in [4.69, 9.17) is 19.8 Å². The van der Waals surface area contributed by atoms with Gasteiger partial charge in [0.2, 0.25) is 0 Å². The lowest BCUT2D eigenvalue weighted by molar-refractivity contribution is -0.132. The molecule has 0 unspecified atom stereocenters. The minimum atomic E-state index is -1.24. The zero-order chi connectivity index (χ0) is 19.1. The zero-order valence-electron chi connectivity index (χ0n) is 15.1. The van der Waals surface area contributed by atoms with Crippen molar-refractivity contribution in [3.8, 4) is 17.6 Å². The molecule has 0 aliphatic carbocycles. The fourth-order valence-electron chi connectivity index (χ4n) is 2.42. The summed E-state index contributed by atoms with van der Waals surface area (Å²) >= 11 is 0. The highest BCUT2D eigenvalue weighted by molar-refractivity contribution is 5.96. The molecule has 0 saturated carbocycles.